The number of amides is 2. The Hall–Kier alpha value is -2.04. The minimum Gasteiger partial charge on any atom is -0.497 e. The summed E-state index contributed by atoms with van der Waals surface area (Å²) in [7, 11) is 1.58. The molecule has 1 aliphatic rings. The highest BCUT2D eigenvalue weighted by Crippen LogP contribution is 2.32. The summed E-state index contributed by atoms with van der Waals surface area (Å²) in [6.07, 6.45) is 3.93. The number of hydrogen-bond donors (Lipinski definition) is 2. The fourth-order valence-corrected chi connectivity index (χ4v) is 4.30. The zero-order chi connectivity index (χ0) is 21.4. The normalized spacial score (nSPS) is 16.2. The van der Waals surface area contributed by atoms with Gasteiger partial charge in [0.1, 0.15) is 16.1 Å². The second kappa shape index (κ2) is 11.2. The van der Waals surface area contributed by atoms with E-state index in [0.717, 1.165) is 11.3 Å². The zero-order valence-electron chi connectivity index (χ0n) is 16.0. The quantitative estimate of drug-likeness (QED) is 0.411. The Morgan fingerprint density at radius 2 is 2.07 bits per heavy atom. The fourth-order valence-electron chi connectivity index (χ4n) is 2.52. The summed E-state index contributed by atoms with van der Waals surface area (Å²) in [4.78, 5) is 37.8. The summed E-state index contributed by atoms with van der Waals surface area (Å²) < 4.78 is 5.49. The average Bonchev–Trinajstić information content (AvgIpc) is 2.96. The van der Waals surface area contributed by atoms with Crippen LogP contribution in [0.4, 0.5) is 0 Å². The van der Waals surface area contributed by atoms with Crippen LogP contribution in [0.25, 0.3) is 6.08 Å². The van der Waals surface area contributed by atoms with Crippen molar-refractivity contribution in [2.75, 3.05) is 25.7 Å². The number of benzene rings is 1. The summed E-state index contributed by atoms with van der Waals surface area (Å²) in [5, 5.41) is 11.7. The van der Waals surface area contributed by atoms with Crippen molar-refractivity contribution in [3.05, 3.63) is 34.7 Å². The molecule has 1 atom stereocenters. The summed E-state index contributed by atoms with van der Waals surface area (Å²) >= 11 is 7.96. The van der Waals surface area contributed by atoms with Crippen molar-refractivity contribution in [3.8, 4) is 5.75 Å². The first kappa shape index (κ1) is 23.2. The SMILES string of the molecule is COc1ccc(/C=C2/SC(=S)N(CCC(=O)NC(CCSC)C(=O)O)C2=O)cc1. The summed E-state index contributed by atoms with van der Waals surface area (Å²) in [5.74, 6) is -0.409. The number of hydrogen-bond acceptors (Lipinski definition) is 7. The first-order chi connectivity index (χ1) is 13.8. The molecule has 0 spiro atoms. The second-order valence-corrected chi connectivity index (χ2v) is 8.76. The van der Waals surface area contributed by atoms with E-state index >= 15 is 0 Å². The molecule has 29 heavy (non-hydrogen) atoms. The van der Waals surface area contributed by atoms with Crippen molar-refractivity contribution in [2.24, 2.45) is 0 Å². The lowest BCUT2D eigenvalue weighted by atomic mass is 10.2. The van der Waals surface area contributed by atoms with Gasteiger partial charge >= 0.3 is 5.97 Å². The molecular weight excluding hydrogens is 432 g/mol. The lowest BCUT2D eigenvalue weighted by Crippen LogP contribution is -2.42. The van der Waals surface area contributed by atoms with E-state index in [1.54, 1.807) is 25.3 Å². The van der Waals surface area contributed by atoms with Crippen molar-refractivity contribution in [1.29, 1.82) is 0 Å². The van der Waals surface area contributed by atoms with Crippen LogP contribution in [0.1, 0.15) is 18.4 Å². The van der Waals surface area contributed by atoms with Gasteiger partial charge in [-0.2, -0.15) is 11.8 Å². The second-order valence-electron chi connectivity index (χ2n) is 6.10. The molecule has 1 unspecified atom stereocenters. The highest BCUT2D eigenvalue weighted by molar-refractivity contribution is 8.26. The van der Waals surface area contributed by atoms with Crippen molar-refractivity contribution < 1.29 is 24.2 Å². The Kier molecular flexibility index (Phi) is 8.99. The predicted molar refractivity (Wildman–Crippen MR) is 120 cm³/mol. The van der Waals surface area contributed by atoms with Gasteiger partial charge in [-0.25, -0.2) is 4.79 Å². The van der Waals surface area contributed by atoms with Crippen LogP contribution in [0.3, 0.4) is 0 Å². The van der Waals surface area contributed by atoms with Crippen LogP contribution < -0.4 is 10.1 Å². The predicted octanol–water partition coefficient (Wildman–Crippen LogP) is 2.61. The molecule has 1 aliphatic heterocycles. The van der Waals surface area contributed by atoms with E-state index < -0.39 is 17.9 Å². The third-order valence-corrected chi connectivity index (χ3v) is 6.12. The number of carboxylic acid groups (broad SMARTS) is 1. The maximum atomic E-state index is 12.6. The van der Waals surface area contributed by atoms with Gasteiger partial charge in [0.15, 0.2) is 0 Å². The first-order valence-electron chi connectivity index (χ1n) is 8.76. The average molecular weight is 455 g/mol. The van der Waals surface area contributed by atoms with Crippen LogP contribution in [0, 0.1) is 0 Å². The third kappa shape index (κ3) is 6.76. The molecule has 0 aromatic heterocycles. The highest BCUT2D eigenvalue weighted by atomic mass is 32.2. The number of ether oxygens (including phenoxy) is 1. The molecule has 2 N–H and O–H groups in total. The van der Waals surface area contributed by atoms with Crippen molar-refractivity contribution in [2.45, 2.75) is 18.9 Å². The lowest BCUT2D eigenvalue weighted by molar-refractivity contribution is -0.142. The van der Waals surface area contributed by atoms with Gasteiger partial charge in [0, 0.05) is 13.0 Å². The van der Waals surface area contributed by atoms with Gasteiger partial charge in [-0.05, 0) is 42.2 Å². The van der Waals surface area contributed by atoms with Crippen LogP contribution in [-0.4, -0.2) is 63.8 Å². The molecule has 1 fully saturated rings. The van der Waals surface area contributed by atoms with E-state index in [2.05, 4.69) is 5.32 Å². The topological polar surface area (TPSA) is 95.9 Å². The van der Waals surface area contributed by atoms with Crippen molar-refractivity contribution >= 4 is 63.9 Å². The van der Waals surface area contributed by atoms with Crippen molar-refractivity contribution in [1.82, 2.24) is 10.2 Å². The molecule has 1 aromatic carbocycles. The number of rotatable bonds is 10. The van der Waals surface area contributed by atoms with E-state index in [9.17, 15) is 19.5 Å². The highest BCUT2D eigenvalue weighted by Gasteiger charge is 2.32. The molecule has 1 heterocycles. The Labute approximate surface area is 183 Å². The van der Waals surface area contributed by atoms with Gasteiger partial charge in [0.25, 0.3) is 5.91 Å². The number of carbonyl (C=O) groups excluding carboxylic acids is 2. The summed E-state index contributed by atoms with van der Waals surface area (Å²) in [6, 6.07) is 6.33. The smallest absolute Gasteiger partial charge is 0.326 e. The van der Waals surface area contributed by atoms with Crippen LogP contribution in [0.5, 0.6) is 5.75 Å². The van der Waals surface area contributed by atoms with E-state index in [0.29, 0.717) is 21.4 Å². The number of thiocarbonyl (C=S) groups is 1. The van der Waals surface area contributed by atoms with Gasteiger partial charge < -0.3 is 15.2 Å². The minimum atomic E-state index is -1.07. The molecule has 0 radical (unpaired) electrons. The number of carboxylic acids is 1. The molecule has 0 bridgehead atoms. The molecule has 156 valence electrons. The Balaban J connectivity index is 1.94. The van der Waals surface area contributed by atoms with Crippen LogP contribution >= 0.6 is 35.7 Å². The van der Waals surface area contributed by atoms with Crippen LogP contribution in [-0.2, 0) is 14.4 Å². The lowest BCUT2D eigenvalue weighted by Gasteiger charge is -2.17. The molecule has 10 heteroatoms. The van der Waals surface area contributed by atoms with Gasteiger partial charge in [-0.15, -0.1) is 0 Å². The molecule has 0 saturated carbocycles. The van der Waals surface area contributed by atoms with E-state index in [4.69, 9.17) is 17.0 Å². The Bertz CT molecular complexity index is 811. The largest absolute Gasteiger partial charge is 0.497 e. The molecule has 1 aromatic rings. The van der Waals surface area contributed by atoms with Crippen LogP contribution in [0.2, 0.25) is 0 Å². The monoisotopic (exact) mass is 454 g/mol. The third-order valence-electron chi connectivity index (χ3n) is 4.09. The molecule has 7 nitrogen and oxygen atoms in total. The molecule has 1 saturated heterocycles. The van der Waals surface area contributed by atoms with E-state index in [1.807, 2.05) is 18.4 Å². The summed E-state index contributed by atoms with van der Waals surface area (Å²) in [5.41, 5.74) is 0.835. The molecule has 0 aliphatic carbocycles. The maximum absolute atomic E-state index is 12.6. The van der Waals surface area contributed by atoms with Gasteiger partial charge in [0.2, 0.25) is 5.91 Å². The fraction of sp³-hybridized carbons (Fsp3) is 0.368. The van der Waals surface area contributed by atoms with Gasteiger partial charge in [-0.1, -0.05) is 36.1 Å². The molecule has 2 amide bonds. The number of aliphatic carboxylic acids is 1. The number of carbonyl (C=O) groups is 3. The number of nitrogens with zero attached hydrogens (tertiary/aromatic N) is 1. The molecular formula is C19H22N2O5S3. The Morgan fingerprint density at radius 3 is 2.66 bits per heavy atom. The van der Waals surface area contributed by atoms with Crippen LogP contribution in [0.15, 0.2) is 29.2 Å². The first-order valence-corrected chi connectivity index (χ1v) is 11.4. The van der Waals surface area contributed by atoms with E-state index in [1.165, 1.54) is 28.4 Å². The van der Waals surface area contributed by atoms with Gasteiger partial charge in [-0.3, -0.25) is 14.5 Å². The Morgan fingerprint density at radius 1 is 1.38 bits per heavy atom. The van der Waals surface area contributed by atoms with Crippen molar-refractivity contribution in [3.63, 3.8) is 0 Å². The number of methoxy groups -OCH3 is 1. The maximum Gasteiger partial charge on any atom is 0.326 e. The standard InChI is InChI=1S/C19H22N2O5S3/c1-26-13-5-3-12(4-6-13)11-15-17(23)21(19(27)29-15)9-7-16(22)20-14(18(24)25)8-10-28-2/h3-6,11,14H,7-10H2,1-2H3,(H,20,22)(H,24,25)/b15-11+. The number of thioether (sulfide) groups is 2. The molecule has 2 rings (SSSR count). The van der Waals surface area contributed by atoms with E-state index in [-0.39, 0.29) is 18.9 Å². The van der Waals surface area contributed by atoms with Gasteiger partial charge in [0.05, 0.1) is 12.0 Å². The number of nitrogens with one attached hydrogen (secondary N) is 1. The summed E-state index contributed by atoms with van der Waals surface area (Å²) in [6.45, 7) is 0.102. The minimum absolute atomic E-state index is 0.0225. The zero-order valence-corrected chi connectivity index (χ0v) is 18.5.